The van der Waals surface area contributed by atoms with Crippen LogP contribution in [0.25, 0.3) is 0 Å². The largest absolute Gasteiger partial charge is 0.442 e. The third-order valence-electron chi connectivity index (χ3n) is 8.89. The number of nitrogens with zero attached hydrogens (tertiary/aromatic N) is 1. The number of nitrogens with one attached hydrogen (secondary N) is 1. The molecular weight excluding hydrogens is 552 g/mol. The van der Waals surface area contributed by atoms with E-state index in [4.69, 9.17) is 18.9 Å². The molecule has 0 radical (unpaired) electrons. The van der Waals surface area contributed by atoms with Crippen LogP contribution in [0.2, 0.25) is 0 Å². The average Bonchev–Trinajstić information content (AvgIpc) is 3.88. The normalized spacial score (nSPS) is 35.2. The number of rotatable bonds is 12. The number of Topliss-reactive ketones (excluding diaryl/α,β-unsaturated/α-hetero) is 1. The molecule has 0 aromatic heterocycles. The highest BCUT2D eigenvalue weighted by Gasteiger charge is 2.58. The number of ketones is 1. The minimum Gasteiger partial charge on any atom is -0.442 e. The van der Waals surface area contributed by atoms with Gasteiger partial charge >= 0.3 is 6.09 Å². The first-order valence-corrected chi connectivity index (χ1v) is 15.7. The molecule has 1 spiro atoms. The Bertz CT molecular complexity index is 1090. The zero-order chi connectivity index (χ0) is 31.3. The third kappa shape index (κ3) is 9.73. The van der Waals surface area contributed by atoms with Crippen molar-refractivity contribution in [1.29, 1.82) is 0 Å². The molecule has 1 aliphatic carbocycles. The lowest BCUT2D eigenvalue weighted by molar-refractivity contribution is -0.144. The van der Waals surface area contributed by atoms with Gasteiger partial charge in [-0.05, 0) is 64.4 Å². The van der Waals surface area contributed by atoms with Gasteiger partial charge in [0.25, 0.3) is 0 Å². The predicted octanol–water partition coefficient (Wildman–Crippen LogP) is 3.87. The molecular formula is C33H50N2O8. The third-order valence-corrected chi connectivity index (χ3v) is 8.89. The molecule has 4 aliphatic rings. The van der Waals surface area contributed by atoms with E-state index in [1.54, 1.807) is 27.1 Å². The van der Waals surface area contributed by atoms with E-state index in [0.717, 1.165) is 31.3 Å². The Hall–Kier alpha value is -2.53. The maximum atomic E-state index is 12.5. The summed E-state index contributed by atoms with van der Waals surface area (Å²) in [5.74, 6) is 0.770. The van der Waals surface area contributed by atoms with E-state index in [2.05, 4.69) is 18.3 Å². The van der Waals surface area contributed by atoms with Gasteiger partial charge in [-0.1, -0.05) is 30.7 Å². The molecule has 9 atom stereocenters. The lowest BCUT2D eigenvalue weighted by Crippen LogP contribution is -2.50. The summed E-state index contributed by atoms with van der Waals surface area (Å²) in [7, 11) is 3.20. The smallest absolute Gasteiger partial charge is 0.409 e. The van der Waals surface area contributed by atoms with Crippen molar-refractivity contribution in [3.63, 3.8) is 0 Å². The highest BCUT2D eigenvalue weighted by Crippen LogP contribution is 2.44. The Morgan fingerprint density at radius 1 is 1.14 bits per heavy atom. The van der Waals surface area contributed by atoms with Gasteiger partial charge in [0, 0.05) is 39.4 Å². The summed E-state index contributed by atoms with van der Waals surface area (Å²) >= 11 is 0. The van der Waals surface area contributed by atoms with E-state index in [-0.39, 0.29) is 42.0 Å². The summed E-state index contributed by atoms with van der Waals surface area (Å²) in [4.78, 5) is 37.9. The van der Waals surface area contributed by atoms with Gasteiger partial charge in [0.1, 0.15) is 29.7 Å². The fourth-order valence-corrected chi connectivity index (χ4v) is 5.87. The highest BCUT2D eigenvalue weighted by molar-refractivity contribution is 5.87. The second-order valence-corrected chi connectivity index (χ2v) is 13.2. The Morgan fingerprint density at radius 3 is 2.51 bits per heavy atom. The SMILES string of the molecule is CC(/C=C/[C@H]1O[C@H](CC(=O)CC2CC2)C[C@@]2(CO2)[C@@H]1O)=C\C[C@@H]1O[C@H](C)[C@H](NC(=O)/C=C\[C@H](C)OC(=O)N(C)C)C[C@@H]1C. The quantitative estimate of drug-likeness (QED) is 0.196. The molecule has 2 amide bonds. The first-order valence-electron chi connectivity index (χ1n) is 15.7. The van der Waals surface area contributed by atoms with Gasteiger partial charge in [-0.3, -0.25) is 9.59 Å². The summed E-state index contributed by atoms with van der Waals surface area (Å²) in [5.41, 5.74) is 0.442. The van der Waals surface area contributed by atoms with Gasteiger partial charge in [0.2, 0.25) is 5.91 Å². The van der Waals surface area contributed by atoms with Crippen molar-refractivity contribution < 1.29 is 38.4 Å². The van der Waals surface area contributed by atoms with Crippen LogP contribution in [-0.2, 0) is 28.5 Å². The van der Waals surface area contributed by atoms with E-state index in [1.165, 1.54) is 11.0 Å². The summed E-state index contributed by atoms with van der Waals surface area (Å²) in [6.45, 7) is 8.30. The van der Waals surface area contributed by atoms with E-state index in [9.17, 15) is 19.5 Å². The first kappa shape index (κ1) is 33.4. The maximum absolute atomic E-state index is 12.5. The number of carbonyl (C=O) groups is 3. The molecule has 4 rings (SSSR count). The molecule has 10 heteroatoms. The fourth-order valence-electron chi connectivity index (χ4n) is 5.87. The minimum absolute atomic E-state index is 0.00836. The van der Waals surface area contributed by atoms with Crippen molar-refractivity contribution in [1.82, 2.24) is 10.2 Å². The molecule has 3 saturated heterocycles. The molecule has 43 heavy (non-hydrogen) atoms. The topological polar surface area (TPSA) is 127 Å². The average molecular weight is 603 g/mol. The van der Waals surface area contributed by atoms with Crippen molar-refractivity contribution in [2.75, 3.05) is 20.7 Å². The van der Waals surface area contributed by atoms with Crippen LogP contribution < -0.4 is 5.32 Å². The van der Waals surface area contributed by atoms with Crippen LogP contribution in [0.15, 0.2) is 36.0 Å². The van der Waals surface area contributed by atoms with Gasteiger partial charge in [0.05, 0.1) is 31.0 Å². The molecule has 3 aliphatic heterocycles. The number of hydrogen-bond donors (Lipinski definition) is 2. The highest BCUT2D eigenvalue weighted by atomic mass is 16.6. The molecule has 10 nitrogen and oxygen atoms in total. The molecule has 2 N–H and O–H groups in total. The second kappa shape index (κ2) is 14.5. The van der Waals surface area contributed by atoms with Crippen molar-refractivity contribution in [3.8, 4) is 0 Å². The molecule has 1 saturated carbocycles. The zero-order valence-corrected chi connectivity index (χ0v) is 26.5. The van der Waals surface area contributed by atoms with Gasteiger partial charge in [-0.15, -0.1) is 0 Å². The van der Waals surface area contributed by atoms with Crippen molar-refractivity contribution in [3.05, 3.63) is 36.0 Å². The number of ether oxygens (including phenoxy) is 4. The lowest BCUT2D eigenvalue weighted by atomic mass is 9.86. The summed E-state index contributed by atoms with van der Waals surface area (Å²) in [6.07, 6.45) is 11.6. The molecule has 240 valence electrons. The Balaban J connectivity index is 1.24. The van der Waals surface area contributed by atoms with Gasteiger partial charge in [-0.2, -0.15) is 0 Å². The number of aliphatic hydroxyl groups excluding tert-OH is 1. The number of amides is 2. The van der Waals surface area contributed by atoms with Crippen LogP contribution in [0, 0.1) is 11.8 Å². The monoisotopic (exact) mass is 602 g/mol. The molecule has 0 aromatic carbocycles. The van der Waals surface area contributed by atoms with Crippen molar-refractivity contribution in [2.45, 2.75) is 121 Å². The number of aliphatic hydroxyl groups is 1. The van der Waals surface area contributed by atoms with E-state index < -0.39 is 30.0 Å². The van der Waals surface area contributed by atoms with Gasteiger partial charge in [-0.25, -0.2) is 4.79 Å². The van der Waals surface area contributed by atoms with Crippen LogP contribution in [0.3, 0.4) is 0 Å². The number of hydrogen-bond acceptors (Lipinski definition) is 8. The minimum atomic E-state index is -0.757. The number of allylic oxidation sites excluding steroid dienone is 2. The molecule has 0 bridgehead atoms. The van der Waals surface area contributed by atoms with Crippen molar-refractivity contribution >= 4 is 17.8 Å². The Labute approximate surface area is 255 Å². The Morgan fingerprint density at radius 2 is 1.86 bits per heavy atom. The summed E-state index contributed by atoms with van der Waals surface area (Å²) in [5, 5.41) is 13.9. The maximum Gasteiger partial charge on any atom is 0.409 e. The first-order chi connectivity index (χ1) is 20.3. The predicted molar refractivity (Wildman–Crippen MR) is 161 cm³/mol. The fraction of sp³-hybridized carbons (Fsp3) is 0.727. The van der Waals surface area contributed by atoms with Gasteiger partial charge < -0.3 is 34.3 Å². The standard InChI is InChI=1S/C33H50N2O8/c1-20(8-13-29-31(38)33(19-40-33)18-26(43-29)17-25(36)16-24-10-11-24)7-12-28-21(2)15-27(23(4)42-28)34-30(37)14-9-22(3)41-32(39)35(5)6/h7-9,13-14,21-24,26-29,31,38H,10-12,15-19H2,1-6H3,(H,34,37)/b13-8+,14-9-,20-7+/t21-,22-,23+,26+,27+,28-,29+,31+,33+/m0/s1. The Kier molecular flexibility index (Phi) is 11.3. The molecule has 0 unspecified atom stereocenters. The van der Waals surface area contributed by atoms with Gasteiger partial charge in [0.15, 0.2) is 0 Å². The van der Waals surface area contributed by atoms with Crippen LogP contribution >= 0.6 is 0 Å². The summed E-state index contributed by atoms with van der Waals surface area (Å²) < 4.78 is 23.3. The zero-order valence-electron chi connectivity index (χ0n) is 26.5. The molecule has 3 heterocycles. The van der Waals surface area contributed by atoms with Crippen LogP contribution in [0.1, 0.15) is 72.6 Å². The lowest BCUT2D eigenvalue weighted by Gasteiger charge is -2.39. The van der Waals surface area contributed by atoms with Crippen LogP contribution in [0.5, 0.6) is 0 Å². The second-order valence-electron chi connectivity index (χ2n) is 13.2. The van der Waals surface area contributed by atoms with E-state index >= 15 is 0 Å². The summed E-state index contributed by atoms with van der Waals surface area (Å²) in [6, 6.07) is -0.126. The number of epoxide rings is 1. The molecule has 0 aromatic rings. The van der Waals surface area contributed by atoms with Crippen LogP contribution in [0.4, 0.5) is 4.79 Å². The van der Waals surface area contributed by atoms with Crippen LogP contribution in [-0.4, -0.2) is 96.8 Å². The van der Waals surface area contributed by atoms with E-state index in [1.807, 2.05) is 26.0 Å². The van der Waals surface area contributed by atoms with Crippen molar-refractivity contribution in [2.24, 2.45) is 11.8 Å². The van der Waals surface area contributed by atoms with E-state index in [0.29, 0.717) is 31.8 Å². The molecule has 4 fully saturated rings. The number of carbonyl (C=O) groups excluding carboxylic acids is 3.